The average Bonchev–Trinajstić information content (AvgIpc) is 3.10. The predicted octanol–water partition coefficient (Wildman–Crippen LogP) is 1.79. The molecule has 24 heavy (non-hydrogen) atoms. The second-order valence-corrected chi connectivity index (χ2v) is 5.77. The van der Waals surface area contributed by atoms with E-state index >= 15 is 0 Å². The van der Waals surface area contributed by atoms with E-state index in [-0.39, 0.29) is 37.3 Å². The van der Waals surface area contributed by atoms with Crippen molar-refractivity contribution in [3.8, 4) is 5.75 Å². The van der Waals surface area contributed by atoms with Gasteiger partial charge in [0.05, 0.1) is 26.7 Å². The van der Waals surface area contributed by atoms with E-state index in [1.165, 1.54) is 0 Å². The molecular weight excluding hydrogens is 350 g/mol. The fraction of sp³-hybridized carbons (Fsp3) is 0.250. The number of methoxy groups -OCH3 is 1. The molecule has 0 saturated heterocycles. The highest BCUT2D eigenvalue weighted by molar-refractivity contribution is 7.09. The van der Waals surface area contributed by atoms with Crippen LogP contribution in [0, 0.1) is 0 Å². The molecule has 0 radical (unpaired) electrons. The van der Waals surface area contributed by atoms with E-state index in [4.69, 9.17) is 10.5 Å². The van der Waals surface area contributed by atoms with Crippen molar-refractivity contribution in [1.82, 2.24) is 5.32 Å². The van der Waals surface area contributed by atoms with Crippen LogP contribution in [-0.4, -0.2) is 32.0 Å². The minimum Gasteiger partial charge on any atom is -0.497 e. The molecule has 0 atom stereocenters. The first-order chi connectivity index (χ1) is 11.1. The van der Waals surface area contributed by atoms with Crippen molar-refractivity contribution < 1.29 is 14.3 Å². The van der Waals surface area contributed by atoms with E-state index in [2.05, 4.69) is 5.32 Å². The summed E-state index contributed by atoms with van der Waals surface area (Å²) in [5.41, 5.74) is 5.98. The maximum atomic E-state index is 12.5. The molecule has 1 aromatic carbocycles. The van der Waals surface area contributed by atoms with Crippen molar-refractivity contribution in [3.63, 3.8) is 0 Å². The van der Waals surface area contributed by atoms with E-state index in [0.29, 0.717) is 12.3 Å². The molecule has 0 aliphatic carbocycles. The van der Waals surface area contributed by atoms with Crippen LogP contribution in [0.15, 0.2) is 41.8 Å². The predicted molar refractivity (Wildman–Crippen MR) is 97.8 cm³/mol. The zero-order chi connectivity index (χ0) is 16.7. The Bertz CT molecular complexity index is 647. The molecule has 3 N–H and O–H groups in total. The SMILES string of the molecule is COc1ccc(N(Cc2cccs2)C(=O)CNC(=O)CN)cc1.Cl. The number of amides is 2. The molecule has 2 rings (SSSR count). The summed E-state index contributed by atoms with van der Waals surface area (Å²) in [7, 11) is 1.59. The normalized spacial score (nSPS) is 9.75. The second kappa shape index (κ2) is 9.92. The van der Waals surface area contributed by atoms with E-state index in [1.807, 2.05) is 29.6 Å². The third-order valence-electron chi connectivity index (χ3n) is 3.20. The Morgan fingerprint density at radius 3 is 2.50 bits per heavy atom. The minimum absolute atomic E-state index is 0. The van der Waals surface area contributed by atoms with Gasteiger partial charge in [-0.05, 0) is 35.7 Å². The molecule has 0 fully saturated rings. The zero-order valence-corrected chi connectivity index (χ0v) is 14.9. The van der Waals surface area contributed by atoms with Crippen molar-refractivity contribution in [2.75, 3.05) is 25.1 Å². The molecule has 1 heterocycles. The molecule has 6 nitrogen and oxygen atoms in total. The maximum absolute atomic E-state index is 12.5. The third kappa shape index (κ3) is 5.52. The van der Waals surface area contributed by atoms with Crippen molar-refractivity contribution in [3.05, 3.63) is 46.7 Å². The lowest BCUT2D eigenvalue weighted by molar-refractivity contribution is -0.124. The quantitative estimate of drug-likeness (QED) is 0.779. The van der Waals surface area contributed by atoms with Crippen LogP contribution in [0.4, 0.5) is 5.69 Å². The van der Waals surface area contributed by atoms with Gasteiger partial charge in [0.1, 0.15) is 5.75 Å². The number of halogens is 1. The number of hydrogen-bond donors (Lipinski definition) is 2. The Balaban J connectivity index is 0.00000288. The molecule has 0 bridgehead atoms. The molecule has 0 aliphatic heterocycles. The molecular formula is C16H20ClN3O3S. The molecule has 130 valence electrons. The van der Waals surface area contributed by atoms with Gasteiger partial charge in [-0.1, -0.05) is 6.07 Å². The smallest absolute Gasteiger partial charge is 0.246 e. The molecule has 0 saturated carbocycles. The highest BCUT2D eigenvalue weighted by Crippen LogP contribution is 2.22. The van der Waals surface area contributed by atoms with Gasteiger partial charge in [-0.3, -0.25) is 9.59 Å². The number of nitrogens with one attached hydrogen (secondary N) is 1. The number of benzene rings is 1. The first-order valence-electron chi connectivity index (χ1n) is 7.07. The lowest BCUT2D eigenvalue weighted by Gasteiger charge is -2.22. The van der Waals surface area contributed by atoms with E-state index < -0.39 is 0 Å². The van der Waals surface area contributed by atoms with Crippen molar-refractivity contribution in [1.29, 1.82) is 0 Å². The summed E-state index contributed by atoms with van der Waals surface area (Å²) < 4.78 is 5.14. The first-order valence-corrected chi connectivity index (χ1v) is 7.95. The number of anilines is 1. The van der Waals surface area contributed by atoms with Crippen LogP contribution in [0.1, 0.15) is 4.88 Å². The minimum atomic E-state index is -0.357. The Kier molecular flexibility index (Phi) is 8.25. The fourth-order valence-corrected chi connectivity index (χ4v) is 2.68. The van der Waals surface area contributed by atoms with Crippen LogP contribution >= 0.6 is 23.7 Å². The lowest BCUT2D eigenvalue weighted by Crippen LogP contribution is -2.41. The zero-order valence-electron chi connectivity index (χ0n) is 13.2. The van der Waals surface area contributed by atoms with Gasteiger partial charge >= 0.3 is 0 Å². The Morgan fingerprint density at radius 1 is 1.25 bits per heavy atom. The summed E-state index contributed by atoms with van der Waals surface area (Å²) in [6.07, 6.45) is 0. The van der Waals surface area contributed by atoms with Crippen LogP contribution < -0.4 is 20.7 Å². The second-order valence-electron chi connectivity index (χ2n) is 4.74. The van der Waals surface area contributed by atoms with Gasteiger partial charge in [0.2, 0.25) is 11.8 Å². The average molecular weight is 370 g/mol. The summed E-state index contributed by atoms with van der Waals surface area (Å²) in [4.78, 5) is 26.4. The van der Waals surface area contributed by atoms with Crippen LogP contribution in [0.3, 0.4) is 0 Å². The first kappa shape index (κ1) is 20.0. The number of thiophene rings is 1. The topological polar surface area (TPSA) is 84.7 Å². The van der Waals surface area contributed by atoms with E-state index in [9.17, 15) is 9.59 Å². The van der Waals surface area contributed by atoms with Gasteiger partial charge < -0.3 is 20.7 Å². The van der Waals surface area contributed by atoms with Crippen LogP contribution in [-0.2, 0) is 16.1 Å². The van der Waals surface area contributed by atoms with Gasteiger partial charge in [0, 0.05) is 10.6 Å². The summed E-state index contributed by atoms with van der Waals surface area (Å²) >= 11 is 1.57. The summed E-state index contributed by atoms with van der Waals surface area (Å²) in [5.74, 6) is 0.156. The standard InChI is InChI=1S/C16H19N3O3S.ClH/c1-22-13-6-4-12(5-7-13)19(11-14-3-2-8-23-14)16(21)10-18-15(20)9-17;/h2-8H,9-11,17H2,1H3,(H,18,20);1H. The van der Waals surface area contributed by atoms with Crippen LogP contribution in [0.2, 0.25) is 0 Å². The number of nitrogens with two attached hydrogens (primary N) is 1. The van der Waals surface area contributed by atoms with Crippen molar-refractivity contribution >= 4 is 41.2 Å². The van der Waals surface area contributed by atoms with Gasteiger partial charge in [0.25, 0.3) is 0 Å². The van der Waals surface area contributed by atoms with Crippen LogP contribution in [0.25, 0.3) is 0 Å². The fourth-order valence-electron chi connectivity index (χ4n) is 1.99. The van der Waals surface area contributed by atoms with Gasteiger partial charge in [-0.2, -0.15) is 0 Å². The third-order valence-corrected chi connectivity index (χ3v) is 4.06. The molecule has 0 spiro atoms. The molecule has 8 heteroatoms. The monoisotopic (exact) mass is 369 g/mol. The Hall–Kier alpha value is -2.09. The van der Waals surface area contributed by atoms with Crippen molar-refractivity contribution in [2.24, 2.45) is 5.73 Å². The van der Waals surface area contributed by atoms with Crippen molar-refractivity contribution in [2.45, 2.75) is 6.54 Å². The van der Waals surface area contributed by atoms with E-state index in [1.54, 1.807) is 35.5 Å². The lowest BCUT2D eigenvalue weighted by atomic mass is 10.2. The molecule has 0 unspecified atom stereocenters. The number of nitrogens with zero attached hydrogens (tertiary/aromatic N) is 1. The van der Waals surface area contributed by atoms with Gasteiger partial charge in [-0.25, -0.2) is 0 Å². The van der Waals surface area contributed by atoms with Gasteiger partial charge in [-0.15, -0.1) is 23.7 Å². The van der Waals surface area contributed by atoms with Gasteiger partial charge in [0.15, 0.2) is 0 Å². The number of ether oxygens (including phenoxy) is 1. The number of carbonyl (C=O) groups is 2. The summed E-state index contributed by atoms with van der Waals surface area (Å²) in [5, 5.41) is 4.47. The number of carbonyl (C=O) groups excluding carboxylic acids is 2. The van der Waals surface area contributed by atoms with Crippen LogP contribution in [0.5, 0.6) is 5.75 Å². The molecule has 1 aromatic heterocycles. The van der Waals surface area contributed by atoms with E-state index in [0.717, 1.165) is 10.6 Å². The summed E-state index contributed by atoms with van der Waals surface area (Å²) in [6, 6.07) is 11.1. The molecule has 2 aromatic rings. The Morgan fingerprint density at radius 2 is 1.96 bits per heavy atom. The number of hydrogen-bond acceptors (Lipinski definition) is 5. The Labute approximate surface area is 151 Å². The molecule has 0 aliphatic rings. The summed E-state index contributed by atoms with van der Waals surface area (Å²) in [6.45, 7) is 0.218. The highest BCUT2D eigenvalue weighted by Gasteiger charge is 2.17. The largest absolute Gasteiger partial charge is 0.497 e. The highest BCUT2D eigenvalue weighted by atomic mass is 35.5. The molecule has 2 amide bonds. The number of rotatable bonds is 7. The maximum Gasteiger partial charge on any atom is 0.246 e.